The molecule has 0 unspecified atom stereocenters. The lowest BCUT2D eigenvalue weighted by atomic mass is 10.3. The molecule has 0 aliphatic rings. The van der Waals surface area contributed by atoms with Crippen molar-refractivity contribution in [2.45, 2.75) is 0 Å². The van der Waals surface area contributed by atoms with E-state index < -0.39 is 5.97 Å². The summed E-state index contributed by atoms with van der Waals surface area (Å²) in [7, 11) is 1.24. The smallest absolute Gasteiger partial charge is 0.377 e. The molecule has 0 aromatic carbocycles. The molecule has 0 amide bonds. The van der Waals surface area contributed by atoms with E-state index in [9.17, 15) is 4.79 Å². The summed E-state index contributed by atoms with van der Waals surface area (Å²) in [6, 6.07) is 1.60. The fourth-order valence-corrected chi connectivity index (χ4v) is 1.40. The zero-order chi connectivity index (χ0) is 13.1. The van der Waals surface area contributed by atoms with E-state index in [2.05, 4.69) is 25.0 Å². The highest BCUT2D eigenvalue weighted by Gasteiger charge is 2.15. The number of aromatic nitrogens is 5. The molecule has 18 heavy (non-hydrogen) atoms. The van der Waals surface area contributed by atoms with Crippen molar-refractivity contribution in [3.05, 3.63) is 30.0 Å². The molecule has 0 aliphatic heterocycles. The third-order valence-corrected chi connectivity index (χ3v) is 2.26. The molecule has 0 aliphatic carbocycles. The summed E-state index contributed by atoms with van der Waals surface area (Å²) in [5, 5.41) is 11.5. The Balaban J connectivity index is 2.46. The Labute approximate surface area is 107 Å². The Bertz CT molecular complexity index is 611. The average molecular weight is 264 g/mol. The first-order chi connectivity index (χ1) is 8.63. The summed E-state index contributed by atoms with van der Waals surface area (Å²) in [5.74, 6) is -0.431. The van der Waals surface area contributed by atoms with Crippen LogP contribution in [0, 0.1) is 0 Å². The maximum Gasteiger partial charge on any atom is 0.377 e. The number of carbonyl (C=O) groups excluding carboxylic acids is 1. The van der Waals surface area contributed by atoms with Crippen LogP contribution in [-0.2, 0) is 4.74 Å². The highest BCUT2D eigenvalue weighted by atomic mass is 32.1. The van der Waals surface area contributed by atoms with Gasteiger partial charge in [-0.2, -0.15) is 9.78 Å². The predicted octanol–water partition coefficient (Wildman–Crippen LogP) is -0.522. The molecule has 0 saturated carbocycles. The van der Waals surface area contributed by atoms with E-state index in [0.717, 1.165) is 0 Å². The summed E-state index contributed by atoms with van der Waals surface area (Å²) in [6.45, 7) is 0. The summed E-state index contributed by atoms with van der Waals surface area (Å²) < 4.78 is 5.76. The van der Waals surface area contributed by atoms with E-state index >= 15 is 0 Å². The highest BCUT2D eigenvalue weighted by molar-refractivity contribution is 7.80. The number of ether oxygens (including phenoxy) is 1. The number of hydrogen-bond acceptors (Lipinski definition) is 7. The van der Waals surface area contributed by atoms with E-state index in [1.807, 2.05) is 0 Å². The van der Waals surface area contributed by atoms with Crippen LogP contribution in [0.25, 0.3) is 5.82 Å². The maximum atomic E-state index is 11.2. The van der Waals surface area contributed by atoms with E-state index in [4.69, 9.17) is 18.0 Å². The Morgan fingerprint density at radius 2 is 2.33 bits per heavy atom. The van der Waals surface area contributed by atoms with Crippen LogP contribution in [0.1, 0.15) is 16.2 Å². The minimum atomic E-state index is -0.644. The minimum Gasteiger partial charge on any atom is -0.463 e. The molecule has 0 atom stereocenters. The number of nitrogens with two attached hydrogens (primary N) is 1. The Kier molecular flexibility index (Phi) is 3.24. The van der Waals surface area contributed by atoms with Crippen molar-refractivity contribution >= 4 is 23.2 Å². The van der Waals surface area contributed by atoms with Gasteiger partial charge in [-0.15, -0.1) is 10.2 Å². The van der Waals surface area contributed by atoms with Crippen molar-refractivity contribution in [1.29, 1.82) is 0 Å². The van der Waals surface area contributed by atoms with Gasteiger partial charge in [0.25, 0.3) is 5.82 Å². The number of nitrogens with zero attached hydrogens (tertiary/aromatic N) is 5. The summed E-state index contributed by atoms with van der Waals surface area (Å²) in [4.78, 5) is 15.2. The van der Waals surface area contributed by atoms with Crippen molar-refractivity contribution in [2.24, 2.45) is 5.73 Å². The molecular formula is C9H8N6O2S. The lowest BCUT2D eigenvalue weighted by Gasteiger charge is -2.04. The standard InChI is InChI=1S/C9H8N6O2S/c1-17-9(16)7-11-4-15(14-7)8-5(6(10)18)2-3-12-13-8/h2-4H,1H3,(H2,10,18). The van der Waals surface area contributed by atoms with E-state index in [1.54, 1.807) is 6.07 Å². The Hall–Kier alpha value is -2.42. The van der Waals surface area contributed by atoms with Crippen LogP contribution in [0.15, 0.2) is 18.6 Å². The first kappa shape index (κ1) is 12.0. The number of carbonyl (C=O) groups is 1. The monoisotopic (exact) mass is 264 g/mol. The van der Waals surface area contributed by atoms with Crippen molar-refractivity contribution in [2.75, 3.05) is 7.11 Å². The quantitative estimate of drug-likeness (QED) is 0.582. The molecule has 2 heterocycles. The van der Waals surface area contributed by atoms with Crippen LogP contribution >= 0.6 is 12.2 Å². The van der Waals surface area contributed by atoms with Gasteiger partial charge in [-0.1, -0.05) is 12.2 Å². The number of methoxy groups -OCH3 is 1. The van der Waals surface area contributed by atoms with Gasteiger partial charge in [0.2, 0.25) is 0 Å². The zero-order valence-electron chi connectivity index (χ0n) is 9.27. The van der Waals surface area contributed by atoms with Gasteiger partial charge in [0.1, 0.15) is 11.3 Å². The third-order valence-electron chi connectivity index (χ3n) is 2.04. The van der Waals surface area contributed by atoms with Crippen LogP contribution in [0.4, 0.5) is 0 Å². The van der Waals surface area contributed by atoms with Gasteiger partial charge in [0.15, 0.2) is 5.82 Å². The number of rotatable bonds is 3. The fourth-order valence-electron chi connectivity index (χ4n) is 1.24. The van der Waals surface area contributed by atoms with Crippen molar-refractivity contribution in [3.8, 4) is 5.82 Å². The first-order valence-electron chi connectivity index (χ1n) is 4.75. The van der Waals surface area contributed by atoms with Crippen LogP contribution in [-0.4, -0.2) is 43.0 Å². The second-order valence-corrected chi connectivity index (χ2v) is 3.58. The third kappa shape index (κ3) is 2.15. The van der Waals surface area contributed by atoms with Gasteiger partial charge in [0.05, 0.1) is 18.9 Å². The Morgan fingerprint density at radius 3 is 3.00 bits per heavy atom. The highest BCUT2D eigenvalue weighted by Crippen LogP contribution is 2.09. The summed E-state index contributed by atoms with van der Waals surface area (Å²) >= 11 is 4.89. The molecule has 92 valence electrons. The van der Waals surface area contributed by atoms with Crippen molar-refractivity contribution in [1.82, 2.24) is 25.0 Å². The maximum absolute atomic E-state index is 11.2. The number of esters is 1. The minimum absolute atomic E-state index is 0.0861. The van der Waals surface area contributed by atoms with Crippen LogP contribution in [0.5, 0.6) is 0 Å². The average Bonchev–Trinajstić information content (AvgIpc) is 2.87. The summed E-state index contributed by atoms with van der Waals surface area (Å²) in [5.41, 5.74) is 6.04. The van der Waals surface area contributed by atoms with Gasteiger partial charge in [0, 0.05) is 0 Å². The molecule has 0 radical (unpaired) electrons. The topological polar surface area (TPSA) is 109 Å². The molecule has 2 aromatic rings. The summed E-state index contributed by atoms with van der Waals surface area (Å²) in [6.07, 6.45) is 2.76. The molecule has 9 heteroatoms. The molecule has 0 bridgehead atoms. The van der Waals surface area contributed by atoms with Gasteiger partial charge >= 0.3 is 5.97 Å². The van der Waals surface area contributed by atoms with E-state index in [-0.39, 0.29) is 10.8 Å². The largest absolute Gasteiger partial charge is 0.463 e. The zero-order valence-corrected chi connectivity index (χ0v) is 10.1. The molecule has 8 nitrogen and oxygen atoms in total. The van der Waals surface area contributed by atoms with Gasteiger partial charge in [-0.3, -0.25) is 0 Å². The normalized spacial score (nSPS) is 10.1. The molecule has 0 spiro atoms. The fraction of sp³-hybridized carbons (Fsp3) is 0.111. The van der Waals surface area contributed by atoms with Gasteiger partial charge < -0.3 is 10.5 Å². The molecular weight excluding hydrogens is 256 g/mol. The first-order valence-corrected chi connectivity index (χ1v) is 5.16. The van der Waals surface area contributed by atoms with Crippen LogP contribution in [0.3, 0.4) is 0 Å². The Morgan fingerprint density at radius 1 is 1.56 bits per heavy atom. The molecule has 2 rings (SSSR count). The predicted molar refractivity (Wildman–Crippen MR) is 64.2 cm³/mol. The molecule has 0 fully saturated rings. The SMILES string of the molecule is COC(=O)c1ncn(-c2nnccc2C(N)=S)n1. The van der Waals surface area contributed by atoms with Crippen LogP contribution in [0.2, 0.25) is 0 Å². The van der Waals surface area contributed by atoms with E-state index in [0.29, 0.717) is 11.4 Å². The molecule has 2 aromatic heterocycles. The van der Waals surface area contributed by atoms with Crippen molar-refractivity contribution in [3.63, 3.8) is 0 Å². The second-order valence-electron chi connectivity index (χ2n) is 3.14. The van der Waals surface area contributed by atoms with Crippen molar-refractivity contribution < 1.29 is 9.53 Å². The molecule has 0 saturated heterocycles. The van der Waals surface area contributed by atoms with Gasteiger partial charge in [-0.05, 0) is 6.07 Å². The van der Waals surface area contributed by atoms with Crippen LogP contribution < -0.4 is 5.73 Å². The van der Waals surface area contributed by atoms with Gasteiger partial charge in [-0.25, -0.2) is 9.78 Å². The lowest BCUT2D eigenvalue weighted by Crippen LogP contribution is -2.16. The second kappa shape index (κ2) is 4.84. The lowest BCUT2D eigenvalue weighted by molar-refractivity contribution is 0.0587. The number of hydrogen-bond donors (Lipinski definition) is 1. The van der Waals surface area contributed by atoms with E-state index in [1.165, 1.54) is 24.3 Å². The molecule has 2 N–H and O–H groups in total. The number of thiocarbonyl (C=S) groups is 1.